The average Bonchev–Trinajstić information content (AvgIpc) is 3.11. The zero-order chi connectivity index (χ0) is 20.5. The smallest absolute Gasteiger partial charge is 0.254 e. The first-order valence-corrected chi connectivity index (χ1v) is 9.35. The van der Waals surface area contributed by atoms with Crippen LogP contribution in [-0.4, -0.2) is 66.6 Å². The number of likely N-dealkylation sites (N-methyl/N-ethyl adjacent to an activating group) is 1. The lowest BCUT2D eigenvalue weighted by Crippen LogP contribution is -2.42. The van der Waals surface area contributed by atoms with Crippen LogP contribution in [0.25, 0.3) is 0 Å². The molecule has 0 fully saturated rings. The van der Waals surface area contributed by atoms with Crippen LogP contribution in [0.4, 0.5) is 5.82 Å². The first-order valence-electron chi connectivity index (χ1n) is 9.35. The van der Waals surface area contributed by atoms with Gasteiger partial charge >= 0.3 is 0 Å². The number of carbonyl (C=O) groups excluding carboxylic acids is 2. The zero-order valence-corrected chi connectivity index (χ0v) is 16.9. The van der Waals surface area contributed by atoms with Gasteiger partial charge in [-0.15, -0.1) is 0 Å². The number of hydrogen-bond donors (Lipinski definition) is 1. The maximum atomic E-state index is 13.0. The number of anilines is 1. The molecule has 152 valence electrons. The number of carbonyl (C=O) groups is 2. The molecule has 8 nitrogen and oxygen atoms in total. The molecular formula is C20H28N4O4. The molecule has 0 radical (unpaired) electrons. The number of nitrogens with zero attached hydrogens (tertiary/aromatic N) is 3. The second kappa shape index (κ2) is 10.5. The van der Waals surface area contributed by atoms with Gasteiger partial charge in [-0.05, 0) is 44.3 Å². The van der Waals surface area contributed by atoms with Crippen molar-refractivity contribution in [2.45, 2.75) is 20.8 Å². The molecule has 0 saturated heterocycles. The van der Waals surface area contributed by atoms with Crippen LogP contribution >= 0.6 is 0 Å². The first kappa shape index (κ1) is 21.4. The summed E-state index contributed by atoms with van der Waals surface area (Å²) in [4.78, 5) is 29.2. The molecule has 1 heterocycles. The van der Waals surface area contributed by atoms with Gasteiger partial charge in [0.1, 0.15) is 18.1 Å². The van der Waals surface area contributed by atoms with Crippen LogP contribution in [-0.2, 0) is 4.79 Å². The summed E-state index contributed by atoms with van der Waals surface area (Å²) in [5.41, 5.74) is 0.505. The van der Waals surface area contributed by atoms with Gasteiger partial charge in [0, 0.05) is 24.7 Å². The minimum atomic E-state index is -0.324. The molecule has 0 saturated carbocycles. The van der Waals surface area contributed by atoms with E-state index in [1.54, 1.807) is 49.3 Å². The molecule has 2 amide bonds. The zero-order valence-electron chi connectivity index (χ0n) is 16.9. The molecule has 0 aliphatic heterocycles. The molecule has 0 spiro atoms. The molecule has 1 aromatic carbocycles. The van der Waals surface area contributed by atoms with E-state index in [0.717, 1.165) is 13.1 Å². The minimum absolute atomic E-state index is 0.0714. The number of aryl methyl sites for hydroxylation is 1. The Kier molecular flexibility index (Phi) is 8.01. The first-order chi connectivity index (χ1) is 13.5. The van der Waals surface area contributed by atoms with Crippen LogP contribution in [0.5, 0.6) is 5.75 Å². The van der Waals surface area contributed by atoms with Crippen molar-refractivity contribution in [2.75, 3.05) is 45.2 Å². The number of ether oxygens (including phenoxy) is 1. The molecule has 8 heteroatoms. The Hall–Kier alpha value is -2.87. The number of amides is 2. The third-order valence-corrected chi connectivity index (χ3v) is 4.43. The van der Waals surface area contributed by atoms with Gasteiger partial charge in [0.25, 0.3) is 5.91 Å². The Morgan fingerprint density at radius 3 is 2.36 bits per heavy atom. The van der Waals surface area contributed by atoms with Crippen molar-refractivity contribution in [3.63, 3.8) is 0 Å². The van der Waals surface area contributed by atoms with Gasteiger partial charge in [0.2, 0.25) is 5.91 Å². The summed E-state index contributed by atoms with van der Waals surface area (Å²) < 4.78 is 10.1. The van der Waals surface area contributed by atoms with Gasteiger partial charge in [0.05, 0.1) is 7.11 Å². The van der Waals surface area contributed by atoms with Crippen molar-refractivity contribution in [1.29, 1.82) is 0 Å². The average molecular weight is 388 g/mol. The van der Waals surface area contributed by atoms with Gasteiger partial charge in [0.15, 0.2) is 5.82 Å². The highest BCUT2D eigenvalue weighted by Crippen LogP contribution is 2.14. The highest BCUT2D eigenvalue weighted by atomic mass is 16.5. The molecule has 1 aromatic heterocycles. The van der Waals surface area contributed by atoms with Gasteiger partial charge in [-0.2, -0.15) is 0 Å². The Morgan fingerprint density at radius 2 is 1.82 bits per heavy atom. The normalized spacial score (nSPS) is 10.8. The second-order valence-corrected chi connectivity index (χ2v) is 6.35. The van der Waals surface area contributed by atoms with E-state index in [4.69, 9.17) is 9.26 Å². The quantitative estimate of drug-likeness (QED) is 0.672. The van der Waals surface area contributed by atoms with Crippen LogP contribution in [0.15, 0.2) is 34.9 Å². The number of hydrogen-bond acceptors (Lipinski definition) is 6. The van der Waals surface area contributed by atoms with Gasteiger partial charge in [-0.25, -0.2) is 0 Å². The van der Waals surface area contributed by atoms with Crippen LogP contribution in [0.1, 0.15) is 30.0 Å². The van der Waals surface area contributed by atoms with Crippen molar-refractivity contribution in [3.8, 4) is 5.75 Å². The second-order valence-electron chi connectivity index (χ2n) is 6.35. The van der Waals surface area contributed by atoms with Gasteiger partial charge < -0.3 is 24.4 Å². The topological polar surface area (TPSA) is 87.9 Å². The fourth-order valence-electron chi connectivity index (χ4n) is 2.75. The van der Waals surface area contributed by atoms with Crippen molar-refractivity contribution >= 4 is 17.6 Å². The van der Waals surface area contributed by atoms with E-state index in [9.17, 15) is 9.59 Å². The van der Waals surface area contributed by atoms with Crippen LogP contribution in [0.3, 0.4) is 0 Å². The van der Waals surface area contributed by atoms with E-state index < -0.39 is 0 Å². The molecule has 28 heavy (non-hydrogen) atoms. The monoisotopic (exact) mass is 388 g/mol. The number of nitrogens with one attached hydrogen (secondary N) is 1. The van der Waals surface area contributed by atoms with E-state index >= 15 is 0 Å². The van der Waals surface area contributed by atoms with E-state index in [-0.39, 0.29) is 18.4 Å². The van der Waals surface area contributed by atoms with Crippen molar-refractivity contribution < 1.29 is 18.8 Å². The summed E-state index contributed by atoms with van der Waals surface area (Å²) in [6.45, 7) is 8.70. The van der Waals surface area contributed by atoms with Crippen LogP contribution in [0, 0.1) is 6.92 Å². The fraction of sp³-hybridized carbons (Fsp3) is 0.450. The lowest BCUT2D eigenvalue weighted by atomic mass is 10.2. The number of rotatable bonds is 10. The van der Waals surface area contributed by atoms with Crippen molar-refractivity contribution in [1.82, 2.24) is 15.0 Å². The molecule has 0 atom stereocenters. The van der Waals surface area contributed by atoms with E-state index in [1.807, 2.05) is 0 Å². The van der Waals surface area contributed by atoms with Crippen LogP contribution in [0.2, 0.25) is 0 Å². The third kappa shape index (κ3) is 6.09. The van der Waals surface area contributed by atoms with Crippen molar-refractivity contribution in [2.24, 2.45) is 0 Å². The van der Waals surface area contributed by atoms with Gasteiger partial charge in [-0.1, -0.05) is 19.0 Å². The standard InChI is InChI=1S/C20H28N4O4/c1-5-23(6-2)11-12-24(14-19(25)21-18-13-15(3)28-22-18)20(26)16-7-9-17(27-4)10-8-16/h7-10,13H,5-6,11-12,14H2,1-4H3,(H,21,22,25). The molecular weight excluding hydrogens is 360 g/mol. The number of benzene rings is 1. The predicted molar refractivity (Wildman–Crippen MR) is 107 cm³/mol. The molecule has 1 N–H and O–H groups in total. The summed E-state index contributed by atoms with van der Waals surface area (Å²) >= 11 is 0. The van der Waals surface area contributed by atoms with Crippen molar-refractivity contribution in [3.05, 3.63) is 41.7 Å². The van der Waals surface area contributed by atoms with E-state index in [2.05, 4.69) is 29.2 Å². The molecule has 2 aromatic rings. The van der Waals surface area contributed by atoms with Crippen LogP contribution < -0.4 is 10.1 Å². The lowest BCUT2D eigenvalue weighted by Gasteiger charge is -2.26. The Morgan fingerprint density at radius 1 is 1.14 bits per heavy atom. The Bertz CT molecular complexity index is 769. The summed E-state index contributed by atoms with van der Waals surface area (Å²) in [5.74, 6) is 1.08. The van der Waals surface area contributed by atoms with Gasteiger partial charge in [-0.3, -0.25) is 9.59 Å². The molecule has 0 aliphatic carbocycles. The summed E-state index contributed by atoms with van der Waals surface area (Å²) in [6.07, 6.45) is 0. The molecule has 0 aliphatic rings. The predicted octanol–water partition coefficient (Wildman–Crippen LogP) is 2.41. The Balaban J connectivity index is 2.10. The highest BCUT2D eigenvalue weighted by molar-refractivity contribution is 5.99. The minimum Gasteiger partial charge on any atom is -0.497 e. The number of methoxy groups -OCH3 is 1. The molecule has 2 rings (SSSR count). The molecule has 0 unspecified atom stereocenters. The lowest BCUT2D eigenvalue weighted by molar-refractivity contribution is -0.117. The largest absolute Gasteiger partial charge is 0.497 e. The highest BCUT2D eigenvalue weighted by Gasteiger charge is 2.20. The Labute approximate surface area is 165 Å². The van der Waals surface area contributed by atoms with E-state index in [0.29, 0.717) is 36.0 Å². The summed E-state index contributed by atoms with van der Waals surface area (Å²) in [7, 11) is 1.57. The SMILES string of the molecule is CCN(CC)CCN(CC(=O)Nc1cc(C)on1)C(=O)c1ccc(OC)cc1. The van der Waals surface area contributed by atoms with E-state index in [1.165, 1.54) is 0 Å². The summed E-state index contributed by atoms with van der Waals surface area (Å²) in [5, 5.41) is 6.42. The fourth-order valence-corrected chi connectivity index (χ4v) is 2.75. The molecule has 0 bridgehead atoms. The summed E-state index contributed by atoms with van der Waals surface area (Å²) in [6, 6.07) is 8.49. The maximum absolute atomic E-state index is 13.0. The third-order valence-electron chi connectivity index (χ3n) is 4.43. The maximum Gasteiger partial charge on any atom is 0.254 e. The number of aromatic nitrogens is 1.